The molecule has 5 nitrogen and oxygen atoms in total. The van der Waals surface area contributed by atoms with Crippen LogP contribution in [-0.4, -0.2) is 23.5 Å². The number of nitrogens with one attached hydrogen (secondary N) is 2. The van der Waals surface area contributed by atoms with Crippen molar-refractivity contribution in [1.82, 2.24) is 10.3 Å². The van der Waals surface area contributed by atoms with Crippen molar-refractivity contribution in [3.63, 3.8) is 0 Å². The lowest BCUT2D eigenvalue weighted by atomic mass is 9.99. The third kappa shape index (κ3) is 4.43. The molecule has 2 N–H and O–H groups in total. The van der Waals surface area contributed by atoms with Gasteiger partial charge in [-0.2, -0.15) is 0 Å². The first-order valence-corrected chi connectivity index (χ1v) is 8.16. The van der Waals surface area contributed by atoms with Crippen LogP contribution in [0.1, 0.15) is 30.6 Å². The molecule has 1 aromatic heterocycles. The highest BCUT2D eigenvalue weighted by molar-refractivity contribution is 6.32. The lowest BCUT2D eigenvalue weighted by Crippen LogP contribution is -2.44. The number of benzene rings is 1. The second-order valence-corrected chi connectivity index (χ2v) is 6.07. The maximum Gasteiger partial charge on any atom is 0.256 e. The summed E-state index contributed by atoms with van der Waals surface area (Å²) < 4.78 is 5.13. The quantitative estimate of drug-likeness (QED) is 0.766. The van der Waals surface area contributed by atoms with Crippen LogP contribution >= 0.6 is 11.6 Å². The SMILES string of the molecule is C#C[C@@](C)(CC)NC(=O)c1cccnc1Nc1ccc(OC)c(Cl)c1. The van der Waals surface area contributed by atoms with Crippen molar-refractivity contribution >= 4 is 29.0 Å². The molecule has 25 heavy (non-hydrogen) atoms. The van der Waals surface area contributed by atoms with Crippen LogP contribution in [0, 0.1) is 12.3 Å². The summed E-state index contributed by atoms with van der Waals surface area (Å²) >= 11 is 6.14. The standard InChI is InChI=1S/C19H20ClN3O2/c1-5-19(3,6-2)23-18(24)14-8-7-11-21-17(14)22-13-9-10-16(25-4)15(20)12-13/h1,7-12H,6H2,2-4H3,(H,21,22)(H,23,24)/t19-/m0/s1. The van der Waals surface area contributed by atoms with E-state index in [9.17, 15) is 4.79 Å². The molecule has 0 radical (unpaired) electrons. The number of nitrogens with zero attached hydrogens (tertiary/aromatic N) is 1. The Morgan fingerprint density at radius 3 is 2.80 bits per heavy atom. The summed E-state index contributed by atoms with van der Waals surface area (Å²) in [5.74, 6) is 3.30. The first-order valence-electron chi connectivity index (χ1n) is 7.78. The van der Waals surface area contributed by atoms with E-state index in [0.29, 0.717) is 34.3 Å². The molecule has 0 saturated heterocycles. The Bertz CT molecular complexity index is 817. The zero-order valence-corrected chi connectivity index (χ0v) is 15.1. The molecule has 1 aromatic carbocycles. The number of halogens is 1. The van der Waals surface area contributed by atoms with Crippen LogP contribution in [0.3, 0.4) is 0 Å². The van der Waals surface area contributed by atoms with E-state index >= 15 is 0 Å². The van der Waals surface area contributed by atoms with E-state index < -0.39 is 5.54 Å². The Labute approximate surface area is 152 Å². The first kappa shape index (κ1) is 18.6. The summed E-state index contributed by atoms with van der Waals surface area (Å²) in [4.78, 5) is 16.9. The maximum atomic E-state index is 12.6. The van der Waals surface area contributed by atoms with Gasteiger partial charge in [0.2, 0.25) is 0 Å². The van der Waals surface area contributed by atoms with Crippen molar-refractivity contribution in [1.29, 1.82) is 0 Å². The number of carbonyl (C=O) groups is 1. The van der Waals surface area contributed by atoms with Crippen LogP contribution in [0.5, 0.6) is 5.75 Å². The lowest BCUT2D eigenvalue weighted by molar-refractivity contribution is 0.0924. The highest BCUT2D eigenvalue weighted by Gasteiger charge is 2.23. The van der Waals surface area contributed by atoms with Crippen molar-refractivity contribution in [2.24, 2.45) is 0 Å². The van der Waals surface area contributed by atoms with Crippen molar-refractivity contribution < 1.29 is 9.53 Å². The number of anilines is 2. The van der Waals surface area contributed by atoms with Crippen molar-refractivity contribution in [2.45, 2.75) is 25.8 Å². The molecule has 0 aliphatic heterocycles. The molecule has 130 valence electrons. The van der Waals surface area contributed by atoms with Gasteiger partial charge in [0.05, 0.1) is 23.2 Å². The largest absolute Gasteiger partial charge is 0.495 e. The molecule has 1 amide bonds. The summed E-state index contributed by atoms with van der Waals surface area (Å²) in [6.45, 7) is 3.72. The predicted octanol–water partition coefficient (Wildman–Crippen LogP) is 4.02. The molecule has 2 rings (SSSR count). The predicted molar refractivity (Wildman–Crippen MR) is 101 cm³/mol. The molecule has 0 aliphatic carbocycles. The summed E-state index contributed by atoms with van der Waals surface area (Å²) in [5.41, 5.74) is 0.367. The molecule has 1 atom stereocenters. The number of amides is 1. The molecular weight excluding hydrogens is 338 g/mol. The van der Waals surface area contributed by atoms with E-state index in [2.05, 4.69) is 21.5 Å². The van der Waals surface area contributed by atoms with Crippen LogP contribution in [-0.2, 0) is 0 Å². The fourth-order valence-electron chi connectivity index (χ4n) is 2.11. The van der Waals surface area contributed by atoms with E-state index in [0.717, 1.165) is 0 Å². The van der Waals surface area contributed by atoms with E-state index in [1.807, 2.05) is 6.92 Å². The van der Waals surface area contributed by atoms with Crippen molar-refractivity contribution in [2.75, 3.05) is 12.4 Å². The number of pyridine rings is 1. The molecule has 0 saturated carbocycles. The Kier molecular flexibility index (Phi) is 5.89. The number of terminal acetylenes is 1. The van der Waals surface area contributed by atoms with E-state index in [-0.39, 0.29) is 5.91 Å². The third-order valence-corrected chi connectivity index (χ3v) is 4.18. The lowest BCUT2D eigenvalue weighted by Gasteiger charge is -2.24. The van der Waals surface area contributed by atoms with Gasteiger partial charge in [0, 0.05) is 11.9 Å². The number of aromatic nitrogens is 1. The second-order valence-electron chi connectivity index (χ2n) is 5.66. The number of hydrogen-bond acceptors (Lipinski definition) is 4. The topological polar surface area (TPSA) is 63.2 Å². The molecule has 0 unspecified atom stereocenters. The minimum absolute atomic E-state index is 0.294. The van der Waals surface area contributed by atoms with Crippen molar-refractivity contribution in [3.05, 3.63) is 47.1 Å². The first-order chi connectivity index (χ1) is 11.9. The van der Waals surface area contributed by atoms with Gasteiger partial charge >= 0.3 is 0 Å². The number of carbonyl (C=O) groups excluding carboxylic acids is 1. The van der Waals surface area contributed by atoms with Gasteiger partial charge in [0.1, 0.15) is 11.6 Å². The van der Waals surface area contributed by atoms with E-state index in [1.165, 1.54) is 0 Å². The minimum Gasteiger partial charge on any atom is -0.495 e. The zero-order chi connectivity index (χ0) is 18.4. The average Bonchev–Trinajstić information content (AvgIpc) is 2.62. The summed E-state index contributed by atoms with van der Waals surface area (Å²) in [6.07, 6.45) is 7.75. The van der Waals surface area contributed by atoms with Gasteiger partial charge in [0.25, 0.3) is 5.91 Å². The Morgan fingerprint density at radius 2 is 2.20 bits per heavy atom. The second kappa shape index (κ2) is 7.91. The van der Waals surface area contributed by atoms with Crippen LogP contribution in [0.4, 0.5) is 11.5 Å². The molecule has 2 aromatic rings. The number of methoxy groups -OCH3 is 1. The fraction of sp³-hybridized carbons (Fsp3) is 0.263. The van der Waals surface area contributed by atoms with Gasteiger partial charge < -0.3 is 15.4 Å². The van der Waals surface area contributed by atoms with Gasteiger partial charge in [0.15, 0.2) is 0 Å². The molecule has 0 bridgehead atoms. The van der Waals surface area contributed by atoms with E-state index in [1.54, 1.807) is 50.6 Å². The van der Waals surface area contributed by atoms with E-state index in [4.69, 9.17) is 22.8 Å². The third-order valence-electron chi connectivity index (χ3n) is 3.88. The van der Waals surface area contributed by atoms with Crippen LogP contribution in [0.2, 0.25) is 5.02 Å². The fourth-order valence-corrected chi connectivity index (χ4v) is 2.37. The summed E-state index contributed by atoms with van der Waals surface area (Å²) in [7, 11) is 1.55. The number of ether oxygens (including phenoxy) is 1. The van der Waals surface area contributed by atoms with Gasteiger partial charge in [-0.3, -0.25) is 4.79 Å². The Balaban J connectivity index is 2.28. The van der Waals surface area contributed by atoms with Crippen LogP contribution < -0.4 is 15.4 Å². The Morgan fingerprint density at radius 1 is 1.44 bits per heavy atom. The summed E-state index contributed by atoms with van der Waals surface area (Å²) in [5, 5.41) is 6.43. The minimum atomic E-state index is -0.715. The number of rotatable bonds is 6. The molecular formula is C19H20ClN3O2. The van der Waals surface area contributed by atoms with Gasteiger partial charge in [-0.25, -0.2) is 4.98 Å². The van der Waals surface area contributed by atoms with Crippen molar-refractivity contribution in [3.8, 4) is 18.1 Å². The van der Waals surface area contributed by atoms with Gasteiger partial charge in [-0.15, -0.1) is 6.42 Å². The number of hydrogen-bond donors (Lipinski definition) is 2. The molecule has 1 heterocycles. The monoisotopic (exact) mass is 357 g/mol. The molecule has 0 fully saturated rings. The Hall–Kier alpha value is -2.71. The van der Waals surface area contributed by atoms with Gasteiger partial charge in [-0.1, -0.05) is 24.4 Å². The summed E-state index contributed by atoms with van der Waals surface area (Å²) in [6, 6.07) is 8.61. The van der Waals surface area contributed by atoms with Crippen LogP contribution in [0.15, 0.2) is 36.5 Å². The average molecular weight is 358 g/mol. The smallest absolute Gasteiger partial charge is 0.256 e. The normalized spacial score (nSPS) is 12.6. The van der Waals surface area contributed by atoms with Crippen LogP contribution in [0.25, 0.3) is 0 Å². The molecule has 0 aliphatic rings. The zero-order valence-electron chi connectivity index (χ0n) is 14.4. The molecule has 0 spiro atoms. The maximum absolute atomic E-state index is 12.6. The molecule has 6 heteroatoms. The highest BCUT2D eigenvalue weighted by Crippen LogP contribution is 2.29. The highest BCUT2D eigenvalue weighted by atomic mass is 35.5. The van der Waals surface area contributed by atoms with Gasteiger partial charge in [-0.05, 0) is 43.7 Å².